The van der Waals surface area contributed by atoms with Gasteiger partial charge in [-0.15, -0.1) is 0 Å². The van der Waals surface area contributed by atoms with Crippen molar-refractivity contribution >= 4 is 42.6 Å². The van der Waals surface area contributed by atoms with E-state index in [-0.39, 0.29) is 17.9 Å². The second-order valence-electron chi connectivity index (χ2n) is 8.42. The highest BCUT2D eigenvalue weighted by Crippen LogP contribution is 2.32. The SMILES string of the molecule is CCOc1ccc2nc(NC(=O)[C@@H]3Cc4ccccc4CN3S(=O)(=O)c3ccc(C)cc3)sc2c1. The molecule has 35 heavy (non-hydrogen) atoms. The average molecular weight is 508 g/mol. The first-order chi connectivity index (χ1) is 16.8. The molecule has 7 nitrogen and oxygen atoms in total. The lowest BCUT2D eigenvalue weighted by Gasteiger charge is -2.34. The van der Waals surface area contributed by atoms with E-state index in [1.54, 1.807) is 24.3 Å². The summed E-state index contributed by atoms with van der Waals surface area (Å²) in [6.07, 6.45) is 0.284. The van der Waals surface area contributed by atoms with Gasteiger partial charge in [0.2, 0.25) is 15.9 Å². The highest BCUT2D eigenvalue weighted by atomic mass is 32.2. The number of thiazole rings is 1. The van der Waals surface area contributed by atoms with Crippen molar-refractivity contribution in [2.45, 2.75) is 37.8 Å². The van der Waals surface area contributed by atoms with Gasteiger partial charge in [-0.2, -0.15) is 4.31 Å². The number of hydrogen-bond acceptors (Lipinski definition) is 6. The minimum absolute atomic E-state index is 0.127. The van der Waals surface area contributed by atoms with Gasteiger partial charge >= 0.3 is 0 Å². The Hall–Kier alpha value is -3.27. The molecule has 1 atom stereocenters. The summed E-state index contributed by atoms with van der Waals surface area (Å²) in [4.78, 5) is 18.2. The van der Waals surface area contributed by atoms with Gasteiger partial charge in [0, 0.05) is 6.54 Å². The lowest BCUT2D eigenvalue weighted by atomic mass is 9.95. The largest absolute Gasteiger partial charge is 0.494 e. The van der Waals surface area contributed by atoms with E-state index >= 15 is 0 Å². The van der Waals surface area contributed by atoms with Crippen LogP contribution in [0.25, 0.3) is 10.2 Å². The van der Waals surface area contributed by atoms with Gasteiger partial charge in [-0.3, -0.25) is 4.79 Å². The number of aryl methyl sites for hydroxylation is 1. The molecule has 0 aliphatic carbocycles. The van der Waals surface area contributed by atoms with Gasteiger partial charge in [0.25, 0.3) is 0 Å². The predicted molar refractivity (Wildman–Crippen MR) is 137 cm³/mol. The zero-order valence-electron chi connectivity index (χ0n) is 19.4. The van der Waals surface area contributed by atoms with Crippen molar-refractivity contribution in [1.29, 1.82) is 0 Å². The van der Waals surface area contributed by atoms with Crippen molar-refractivity contribution in [3.63, 3.8) is 0 Å². The number of fused-ring (bicyclic) bond motifs is 2. The van der Waals surface area contributed by atoms with Crippen molar-refractivity contribution < 1.29 is 17.9 Å². The Morgan fingerprint density at radius 1 is 1.11 bits per heavy atom. The molecule has 0 saturated carbocycles. The lowest BCUT2D eigenvalue weighted by Crippen LogP contribution is -2.50. The molecule has 3 aromatic carbocycles. The maximum absolute atomic E-state index is 13.6. The van der Waals surface area contributed by atoms with Gasteiger partial charge < -0.3 is 10.1 Å². The number of nitrogens with one attached hydrogen (secondary N) is 1. The van der Waals surface area contributed by atoms with Crippen LogP contribution in [0.5, 0.6) is 5.75 Å². The van der Waals surface area contributed by atoms with Crippen LogP contribution in [0.2, 0.25) is 0 Å². The van der Waals surface area contributed by atoms with E-state index in [0.717, 1.165) is 32.7 Å². The third kappa shape index (κ3) is 4.67. The molecule has 9 heteroatoms. The number of rotatable bonds is 6. The zero-order chi connectivity index (χ0) is 24.6. The van der Waals surface area contributed by atoms with E-state index in [4.69, 9.17) is 4.74 Å². The quantitative estimate of drug-likeness (QED) is 0.407. The van der Waals surface area contributed by atoms with Crippen molar-refractivity contribution in [3.8, 4) is 5.75 Å². The Morgan fingerprint density at radius 3 is 2.60 bits per heavy atom. The summed E-state index contributed by atoms with van der Waals surface area (Å²) in [6, 6.07) is 19.0. The molecular formula is C26H25N3O4S2. The first-order valence-corrected chi connectivity index (χ1v) is 13.6. The van der Waals surface area contributed by atoms with E-state index in [1.165, 1.54) is 15.6 Å². The standard InChI is InChI=1S/C26H25N3O4S2/c1-3-33-20-10-13-22-24(15-20)34-26(27-22)28-25(30)23-14-18-6-4-5-7-19(18)16-29(23)35(31,32)21-11-8-17(2)9-12-21/h4-13,15,23H,3,14,16H2,1-2H3,(H,27,28,30)/t23-/m0/s1. The van der Waals surface area contributed by atoms with E-state index in [2.05, 4.69) is 10.3 Å². The maximum Gasteiger partial charge on any atom is 0.244 e. The van der Waals surface area contributed by atoms with Crippen LogP contribution < -0.4 is 10.1 Å². The first kappa shape index (κ1) is 23.5. The van der Waals surface area contributed by atoms with Crippen LogP contribution in [0.3, 0.4) is 0 Å². The molecule has 1 aromatic heterocycles. The molecule has 0 fully saturated rings. The second kappa shape index (κ2) is 9.41. The van der Waals surface area contributed by atoms with Crippen LogP contribution in [0, 0.1) is 6.92 Å². The van der Waals surface area contributed by atoms with Gasteiger partial charge in [0.15, 0.2) is 5.13 Å². The number of ether oxygens (including phenoxy) is 1. The highest BCUT2D eigenvalue weighted by molar-refractivity contribution is 7.89. The van der Waals surface area contributed by atoms with Crippen molar-refractivity contribution in [2.75, 3.05) is 11.9 Å². The number of benzene rings is 3. The third-order valence-corrected chi connectivity index (χ3v) is 8.84. The van der Waals surface area contributed by atoms with Gasteiger partial charge in [0.05, 0.1) is 21.7 Å². The molecule has 1 N–H and O–H groups in total. The number of carbonyl (C=O) groups is 1. The molecule has 2 heterocycles. The van der Waals surface area contributed by atoms with Crippen molar-refractivity contribution in [2.24, 2.45) is 0 Å². The summed E-state index contributed by atoms with van der Waals surface area (Å²) in [5, 5.41) is 3.29. The molecule has 0 unspecified atom stereocenters. The molecule has 1 aliphatic rings. The molecule has 1 amide bonds. The fourth-order valence-corrected chi connectivity index (χ4v) is 6.69. The van der Waals surface area contributed by atoms with E-state index < -0.39 is 22.0 Å². The summed E-state index contributed by atoms with van der Waals surface area (Å²) >= 11 is 1.33. The lowest BCUT2D eigenvalue weighted by molar-refractivity contribution is -0.120. The number of aromatic nitrogens is 1. The highest BCUT2D eigenvalue weighted by Gasteiger charge is 2.39. The summed E-state index contributed by atoms with van der Waals surface area (Å²) in [7, 11) is -3.91. The van der Waals surface area contributed by atoms with Gasteiger partial charge in [-0.25, -0.2) is 13.4 Å². The Balaban J connectivity index is 1.47. The Labute approximate surface area is 208 Å². The summed E-state index contributed by atoms with van der Waals surface area (Å²) < 4.78 is 35.0. The number of carbonyl (C=O) groups excluding carboxylic acids is 1. The molecule has 1 aliphatic heterocycles. The zero-order valence-corrected chi connectivity index (χ0v) is 21.0. The van der Waals surface area contributed by atoms with Gasteiger partial charge in [-0.05, 0) is 61.7 Å². The summed E-state index contributed by atoms with van der Waals surface area (Å²) in [5.41, 5.74) is 3.57. The maximum atomic E-state index is 13.6. The van der Waals surface area contributed by atoms with E-state index in [0.29, 0.717) is 11.7 Å². The number of sulfonamides is 1. The molecule has 0 radical (unpaired) electrons. The van der Waals surface area contributed by atoms with Crippen LogP contribution in [-0.4, -0.2) is 36.3 Å². The number of amides is 1. The number of nitrogens with zero attached hydrogens (tertiary/aromatic N) is 2. The van der Waals surface area contributed by atoms with Gasteiger partial charge in [-0.1, -0.05) is 53.3 Å². The van der Waals surface area contributed by atoms with E-state index in [1.807, 2.05) is 56.3 Å². The van der Waals surface area contributed by atoms with Crippen molar-refractivity contribution in [3.05, 3.63) is 83.4 Å². The fourth-order valence-electron chi connectivity index (χ4n) is 4.22. The molecule has 0 bridgehead atoms. The molecular weight excluding hydrogens is 482 g/mol. The fraction of sp³-hybridized carbons (Fsp3) is 0.231. The van der Waals surface area contributed by atoms with Crippen LogP contribution in [0.4, 0.5) is 5.13 Å². The average Bonchev–Trinajstić information content (AvgIpc) is 3.25. The molecule has 5 rings (SSSR count). The van der Waals surface area contributed by atoms with Gasteiger partial charge in [0.1, 0.15) is 11.8 Å². The third-order valence-electron chi connectivity index (χ3n) is 6.04. The van der Waals surface area contributed by atoms with E-state index in [9.17, 15) is 13.2 Å². The first-order valence-electron chi connectivity index (χ1n) is 11.3. The smallest absolute Gasteiger partial charge is 0.244 e. The minimum Gasteiger partial charge on any atom is -0.494 e. The monoisotopic (exact) mass is 507 g/mol. The normalized spacial score (nSPS) is 16.1. The van der Waals surface area contributed by atoms with Crippen LogP contribution in [0.15, 0.2) is 71.6 Å². The Bertz CT molecular complexity index is 1500. The number of anilines is 1. The Morgan fingerprint density at radius 2 is 1.86 bits per heavy atom. The van der Waals surface area contributed by atoms with Crippen LogP contribution in [0.1, 0.15) is 23.6 Å². The minimum atomic E-state index is -3.91. The summed E-state index contributed by atoms with van der Waals surface area (Å²) in [5.74, 6) is 0.333. The van der Waals surface area contributed by atoms with Crippen molar-refractivity contribution in [1.82, 2.24) is 9.29 Å². The Kier molecular flexibility index (Phi) is 6.31. The number of hydrogen-bond donors (Lipinski definition) is 1. The predicted octanol–water partition coefficient (Wildman–Crippen LogP) is 4.76. The molecule has 4 aromatic rings. The van der Waals surface area contributed by atoms with Crippen LogP contribution >= 0.6 is 11.3 Å². The molecule has 0 saturated heterocycles. The van der Waals surface area contributed by atoms with Crippen LogP contribution in [-0.2, 0) is 27.8 Å². The topological polar surface area (TPSA) is 88.6 Å². The molecule has 0 spiro atoms. The summed E-state index contributed by atoms with van der Waals surface area (Å²) in [6.45, 7) is 4.50. The molecule has 180 valence electrons. The second-order valence-corrected chi connectivity index (χ2v) is 11.3.